The number of carboxylic acids is 1. The lowest BCUT2D eigenvalue weighted by Crippen LogP contribution is -2.58. The SMILES string of the molecule is CCn1nc(C)c(CC(=O)N2CCN(C(C)(C)C(=O)O)CC2)c1C. The molecule has 0 unspecified atom stereocenters. The number of piperazine rings is 1. The summed E-state index contributed by atoms with van der Waals surface area (Å²) >= 11 is 0. The van der Waals surface area contributed by atoms with Crippen LogP contribution in [-0.4, -0.2) is 68.3 Å². The van der Waals surface area contributed by atoms with Gasteiger partial charge < -0.3 is 10.0 Å². The Morgan fingerprint density at radius 3 is 2.21 bits per heavy atom. The maximum atomic E-state index is 12.6. The first-order chi connectivity index (χ1) is 11.2. The molecule has 1 aliphatic rings. The molecule has 0 bridgehead atoms. The zero-order valence-corrected chi connectivity index (χ0v) is 15.3. The summed E-state index contributed by atoms with van der Waals surface area (Å²) in [4.78, 5) is 27.7. The third-order valence-electron chi connectivity index (χ3n) is 5.11. The normalized spacial score (nSPS) is 16.5. The molecule has 1 aromatic heterocycles. The van der Waals surface area contributed by atoms with Crippen LogP contribution in [-0.2, 0) is 22.6 Å². The number of carbonyl (C=O) groups is 2. The molecule has 24 heavy (non-hydrogen) atoms. The molecule has 1 saturated heterocycles. The van der Waals surface area contributed by atoms with Gasteiger partial charge in [0, 0.05) is 44.0 Å². The molecule has 7 heteroatoms. The maximum absolute atomic E-state index is 12.6. The lowest BCUT2D eigenvalue weighted by molar-refractivity contribution is -0.151. The van der Waals surface area contributed by atoms with Gasteiger partial charge in [-0.15, -0.1) is 0 Å². The van der Waals surface area contributed by atoms with Crippen molar-refractivity contribution in [2.45, 2.75) is 53.1 Å². The molecule has 0 radical (unpaired) electrons. The summed E-state index contributed by atoms with van der Waals surface area (Å²) in [7, 11) is 0. The second kappa shape index (κ2) is 6.93. The van der Waals surface area contributed by atoms with Crippen molar-refractivity contribution in [1.82, 2.24) is 19.6 Å². The van der Waals surface area contributed by atoms with E-state index in [1.165, 1.54) is 0 Å². The zero-order valence-electron chi connectivity index (χ0n) is 15.3. The first-order valence-electron chi connectivity index (χ1n) is 8.47. The summed E-state index contributed by atoms with van der Waals surface area (Å²) in [6, 6.07) is 0. The largest absolute Gasteiger partial charge is 0.480 e. The Morgan fingerprint density at radius 2 is 1.75 bits per heavy atom. The van der Waals surface area contributed by atoms with E-state index in [2.05, 4.69) is 5.10 Å². The van der Waals surface area contributed by atoms with Crippen molar-refractivity contribution >= 4 is 11.9 Å². The smallest absolute Gasteiger partial charge is 0.323 e. The van der Waals surface area contributed by atoms with E-state index >= 15 is 0 Å². The fraction of sp³-hybridized carbons (Fsp3) is 0.706. The van der Waals surface area contributed by atoms with Crippen LogP contribution in [0.2, 0.25) is 0 Å². The van der Waals surface area contributed by atoms with E-state index < -0.39 is 11.5 Å². The van der Waals surface area contributed by atoms with Gasteiger partial charge in [0.1, 0.15) is 5.54 Å². The monoisotopic (exact) mass is 336 g/mol. The molecule has 0 saturated carbocycles. The lowest BCUT2D eigenvalue weighted by Gasteiger charge is -2.41. The lowest BCUT2D eigenvalue weighted by atomic mass is 10.0. The minimum absolute atomic E-state index is 0.0876. The summed E-state index contributed by atoms with van der Waals surface area (Å²) in [5.41, 5.74) is 2.07. The highest BCUT2D eigenvalue weighted by atomic mass is 16.4. The number of nitrogens with zero attached hydrogens (tertiary/aromatic N) is 4. The van der Waals surface area contributed by atoms with Gasteiger partial charge in [0.25, 0.3) is 0 Å². The number of aromatic nitrogens is 2. The molecule has 1 aliphatic heterocycles. The van der Waals surface area contributed by atoms with Crippen molar-refractivity contribution in [1.29, 1.82) is 0 Å². The number of rotatable bonds is 5. The second-order valence-electron chi connectivity index (χ2n) is 6.87. The predicted molar refractivity (Wildman–Crippen MR) is 90.9 cm³/mol. The van der Waals surface area contributed by atoms with Crippen molar-refractivity contribution in [2.75, 3.05) is 26.2 Å². The Morgan fingerprint density at radius 1 is 1.17 bits per heavy atom. The molecule has 2 heterocycles. The Hall–Kier alpha value is -1.89. The number of carbonyl (C=O) groups excluding carboxylic acids is 1. The molecule has 134 valence electrons. The van der Waals surface area contributed by atoms with Gasteiger partial charge in [-0.25, -0.2) is 0 Å². The van der Waals surface area contributed by atoms with E-state index in [0.717, 1.165) is 23.5 Å². The Balaban J connectivity index is 1.99. The number of hydrogen-bond acceptors (Lipinski definition) is 4. The summed E-state index contributed by atoms with van der Waals surface area (Å²) in [5, 5.41) is 13.8. The molecule has 1 amide bonds. The molecular formula is C17H28N4O3. The van der Waals surface area contributed by atoms with Gasteiger partial charge in [0.2, 0.25) is 5.91 Å². The van der Waals surface area contributed by atoms with E-state index in [1.807, 2.05) is 35.3 Å². The minimum Gasteiger partial charge on any atom is -0.480 e. The predicted octanol–water partition coefficient (Wildman–Crippen LogP) is 1.07. The number of aliphatic carboxylic acids is 1. The van der Waals surface area contributed by atoms with Crippen LogP contribution in [0.15, 0.2) is 0 Å². The Labute approximate surface area is 143 Å². The summed E-state index contributed by atoms with van der Waals surface area (Å²) < 4.78 is 1.92. The highest BCUT2D eigenvalue weighted by Gasteiger charge is 2.37. The number of amides is 1. The zero-order chi connectivity index (χ0) is 18.1. The Bertz CT molecular complexity index is 628. The molecule has 0 aromatic carbocycles. The molecule has 1 N–H and O–H groups in total. The van der Waals surface area contributed by atoms with Crippen LogP contribution in [0.5, 0.6) is 0 Å². The number of carboxylic acid groups (broad SMARTS) is 1. The average Bonchev–Trinajstić information content (AvgIpc) is 2.82. The average molecular weight is 336 g/mol. The van der Waals surface area contributed by atoms with Gasteiger partial charge in [-0.05, 0) is 34.6 Å². The quantitative estimate of drug-likeness (QED) is 0.870. The molecule has 7 nitrogen and oxygen atoms in total. The number of hydrogen-bond donors (Lipinski definition) is 1. The van der Waals surface area contributed by atoms with Crippen molar-refractivity contribution in [3.8, 4) is 0 Å². The van der Waals surface area contributed by atoms with Gasteiger partial charge in [-0.2, -0.15) is 5.10 Å². The van der Waals surface area contributed by atoms with Crippen LogP contribution in [0.4, 0.5) is 0 Å². The summed E-state index contributed by atoms with van der Waals surface area (Å²) in [5.74, 6) is -0.745. The van der Waals surface area contributed by atoms with Crippen LogP contribution in [0.25, 0.3) is 0 Å². The van der Waals surface area contributed by atoms with Crippen LogP contribution < -0.4 is 0 Å². The van der Waals surface area contributed by atoms with Crippen molar-refractivity contribution < 1.29 is 14.7 Å². The van der Waals surface area contributed by atoms with Crippen molar-refractivity contribution in [3.63, 3.8) is 0 Å². The third kappa shape index (κ3) is 3.45. The molecule has 1 fully saturated rings. The van der Waals surface area contributed by atoms with Gasteiger partial charge in [-0.1, -0.05) is 0 Å². The van der Waals surface area contributed by atoms with Crippen LogP contribution in [0, 0.1) is 13.8 Å². The highest BCUT2D eigenvalue weighted by molar-refractivity contribution is 5.80. The fourth-order valence-corrected chi connectivity index (χ4v) is 3.21. The number of aryl methyl sites for hydroxylation is 2. The molecule has 1 aromatic rings. The van der Waals surface area contributed by atoms with Crippen molar-refractivity contribution in [2.24, 2.45) is 0 Å². The Kier molecular flexibility index (Phi) is 5.32. The van der Waals surface area contributed by atoms with E-state index in [4.69, 9.17) is 0 Å². The third-order valence-corrected chi connectivity index (χ3v) is 5.11. The summed E-state index contributed by atoms with van der Waals surface area (Å²) in [6.07, 6.45) is 0.361. The highest BCUT2D eigenvalue weighted by Crippen LogP contribution is 2.19. The second-order valence-corrected chi connectivity index (χ2v) is 6.87. The van der Waals surface area contributed by atoms with E-state index in [9.17, 15) is 14.7 Å². The molecule has 0 atom stereocenters. The minimum atomic E-state index is -0.898. The van der Waals surface area contributed by atoms with Crippen LogP contribution >= 0.6 is 0 Å². The molecular weight excluding hydrogens is 308 g/mol. The van der Waals surface area contributed by atoms with Crippen molar-refractivity contribution in [3.05, 3.63) is 17.0 Å². The van der Waals surface area contributed by atoms with E-state index in [0.29, 0.717) is 32.6 Å². The first kappa shape index (κ1) is 18.4. The fourth-order valence-electron chi connectivity index (χ4n) is 3.21. The van der Waals surface area contributed by atoms with Gasteiger partial charge in [0.15, 0.2) is 0 Å². The standard InChI is InChI=1S/C17H28N4O3/c1-6-21-13(3)14(12(2)18-21)11-15(22)19-7-9-20(10-8-19)17(4,5)16(23)24/h6-11H2,1-5H3,(H,23,24). The van der Waals surface area contributed by atoms with E-state index in [-0.39, 0.29) is 5.91 Å². The van der Waals surface area contributed by atoms with Gasteiger partial charge >= 0.3 is 5.97 Å². The van der Waals surface area contributed by atoms with Gasteiger partial charge in [-0.3, -0.25) is 19.2 Å². The van der Waals surface area contributed by atoms with Crippen LogP contribution in [0.3, 0.4) is 0 Å². The molecule has 2 rings (SSSR count). The van der Waals surface area contributed by atoms with Gasteiger partial charge in [0.05, 0.1) is 12.1 Å². The topological polar surface area (TPSA) is 78.7 Å². The molecule has 0 aliphatic carbocycles. The molecule has 0 spiro atoms. The first-order valence-corrected chi connectivity index (χ1v) is 8.47. The van der Waals surface area contributed by atoms with Crippen LogP contribution in [0.1, 0.15) is 37.7 Å². The maximum Gasteiger partial charge on any atom is 0.323 e. The van der Waals surface area contributed by atoms with E-state index in [1.54, 1.807) is 13.8 Å². The summed E-state index contributed by atoms with van der Waals surface area (Å²) in [6.45, 7) is 12.5.